The van der Waals surface area contributed by atoms with E-state index in [1.807, 2.05) is 47.4 Å². The van der Waals surface area contributed by atoms with Gasteiger partial charge in [0.25, 0.3) is 5.91 Å². The molecule has 3 aromatic carbocycles. The van der Waals surface area contributed by atoms with E-state index in [-0.39, 0.29) is 17.7 Å². The van der Waals surface area contributed by atoms with Gasteiger partial charge in [0.15, 0.2) is 0 Å². The average Bonchev–Trinajstić information content (AvgIpc) is 3.55. The summed E-state index contributed by atoms with van der Waals surface area (Å²) in [6, 6.07) is 24.2. The third kappa shape index (κ3) is 6.14. The van der Waals surface area contributed by atoms with Crippen molar-refractivity contribution in [2.45, 2.75) is 43.9 Å². The van der Waals surface area contributed by atoms with Gasteiger partial charge in [0.1, 0.15) is 5.01 Å². The molecule has 1 aliphatic rings. The SMILES string of the molecule is Cc1ccc(N2CC(c3nnc(NC(=O)c4ccccc4SCCCc4ccccc4)s3)CC2=O)cc1C. The van der Waals surface area contributed by atoms with Crippen LogP contribution >= 0.6 is 23.1 Å². The summed E-state index contributed by atoms with van der Waals surface area (Å²) < 4.78 is 0. The van der Waals surface area contributed by atoms with E-state index in [0.29, 0.717) is 23.7 Å². The Hall–Kier alpha value is -3.49. The molecule has 0 saturated carbocycles. The molecule has 4 aromatic rings. The molecule has 6 nitrogen and oxygen atoms in total. The number of nitrogens with zero attached hydrogens (tertiary/aromatic N) is 3. The Bertz CT molecular complexity index is 1440. The molecular formula is C30H30N4O2S2. The Kier molecular flexibility index (Phi) is 8.20. The fourth-order valence-corrected chi connectivity index (χ4v) is 6.34. The Morgan fingerprint density at radius 1 is 1.03 bits per heavy atom. The Labute approximate surface area is 231 Å². The van der Waals surface area contributed by atoms with Crippen molar-refractivity contribution in [2.24, 2.45) is 0 Å². The van der Waals surface area contributed by atoms with E-state index in [4.69, 9.17) is 0 Å². The molecule has 0 spiro atoms. The molecule has 0 aliphatic carbocycles. The van der Waals surface area contributed by atoms with Gasteiger partial charge in [-0.1, -0.05) is 59.9 Å². The molecule has 5 rings (SSSR count). The number of anilines is 2. The minimum atomic E-state index is -0.196. The van der Waals surface area contributed by atoms with Crippen LogP contribution in [-0.4, -0.2) is 34.3 Å². The highest BCUT2D eigenvalue weighted by Gasteiger charge is 2.34. The topological polar surface area (TPSA) is 75.2 Å². The second kappa shape index (κ2) is 11.9. The number of benzene rings is 3. The lowest BCUT2D eigenvalue weighted by Gasteiger charge is -2.17. The van der Waals surface area contributed by atoms with Gasteiger partial charge in [0.2, 0.25) is 11.0 Å². The maximum absolute atomic E-state index is 13.1. The van der Waals surface area contributed by atoms with Crippen molar-refractivity contribution in [3.63, 3.8) is 0 Å². The number of aromatic nitrogens is 2. The molecule has 1 saturated heterocycles. The van der Waals surface area contributed by atoms with Gasteiger partial charge in [-0.2, -0.15) is 0 Å². The van der Waals surface area contributed by atoms with E-state index >= 15 is 0 Å². The van der Waals surface area contributed by atoms with Crippen LogP contribution in [0, 0.1) is 13.8 Å². The molecule has 1 unspecified atom stereocenters. The van der Waals surface area contributed by atoms with Gasteiger partial charge >= 0.3 is 0 Å². The summed E-state index contributed by atoms with van der Waals surface area (Å²) in [7, 11) is 0. The van der Waals surface area contributed by atoms with Crippen molar-refractivity contribution in [2.75, 3.05) is 22.5 Å². The Morgan fingerprint density at radius 2 is 1.82 bits per heavy atom. The molecule has 38 heavy (non-hydrogen) atoms. The summed E-state index contributed by atoms with van der Waals surface area (Å²) in [5.74, 6) is 0.768. The number of hydrogen-bond donors (Lipinski definition) is 1. The summed E-state index contributed by atoms with van der Waals surface area (Å²) in [6.45, 7) is 4.68. The predicted octanol–water partition coefficient (Wildman–Crippen LogP) is 6.65. The predicted molar refractivity (Wildman–Crippen MR) is 155 cm³/mol. The maximum Gasteiger partial charge on any atom is 0.258 e. The highest BCUT2D eigenvalue weighted by molar-refractivity contribution is 7.99. The number of nitrogens with one attached hydrogen (secondary N) is 1. The van der Waals surface area contributed by atoms with Crippen LogP contribution in [-0.2, 0) is 11.2 Å². The van der Waals surface area contributed by atoms with E-state index in [9.17, 15) is 9.59 Å². The van der Waals surface area contributed by atoms with Crippen molar-refractivity contribution in [3.8, 4) is 0 Å². The van der Waals surface area contributed by atoms with Crippen LogP contribution in [0.2, 0.25) is 0 Å². The number of carbonyl (C=O) groups is 2. The summed E-state index contributed by atoms with van der Waals surface area (Å²) in [5.41, 5.74) is 5.23. The van der Waals surface area contributed by atoms with Crippen LogP contribution in [0.1, 0.15) is 50.8 Å². The second-order valence-electron chi connectivity index (χ2n) is 9.51. The molecular weight excluding hydrogens is 512 g/mol. The number of carbonyl (C=O) groups excluding carboxylic acids is 2. The Morgan fingerprint density at radius 3 is 2.63 bits per heavy atom. The van der Waals surface area contributed by atoms with Crippen LogP contribution < -0.4 is 10.2 Å². The van der Waals surface area contributed by atoms with Crippen LogP contribution in [0.15, 0.2) is 77.7 Å². The zero-order valence-corrected chi connectivity index (χ0v) is 23.1. The molecule has 8 heteroatoms. The smallest absolute Gasteiger partial charge is 0.258 e. The fourth-order valence-electron chi connectivity index (χ4n) is 4.51. The van der Waals surface area contributed by atoms with E-state index in [0.717, 1.165) is 39.7 Å². The van der Waals surface area contributed by atoms with Crippen LogP contribution in [0.4, 0.5) is 10.8 Å². The first kappa shape index (κ1) is 26.1. The van der Waals surface area contributed by atoms with Gasteiger partial charge in [-0.05, 0) is 73.4 Å². The first-order valence-electron chi connectivity index (χ1n) is 12.8. The van der Waals surface area contributed by atoms with E-state index in [1.54, 1.807) is 11.8 Å². The van der Waals surface area contributed by atoms with Crippen LogP contribution in [0.25, 0.3) is 0 Å². The lowest BCUT2D eigenvalue weighted by atomic mass is 10.1. The lowest BCUT2D eigenvalue weighted by Crippen LogP contribution is -2.24. The number of rotatable bonds is 9. The summed E-state index contributed by atoms with van der Waals surface area (Å²) in [5, 5.41) is 12.7. The van der Waals surface area contributed by atoms with Gasteiger partial charge in [-0.15, -0.1) is 22.0 Å². The quantitative estimate of drug-likeness (QED) is 0.189. The summed E-state index contributed by atoms with van der Waals surface area (Å²) in [6.07, 6.45) is 2.43. The van der Waals surface area contributed by atoms with E-state index < -0.39 is 0 Å². The van der Waals surface area contributed by atoms with E-state index in [1.165, 1.54) is 22.5 Å². The van der Waals surface area contributed by atoms with Gasteiger partial charge in [-0.3, -0.25) is 14.9 Å². The van der Waals surface area contributed by atoms with Crippen molar-refractivity contribution in [3.05, 3.63) is 100 Å². The minimum Gasteiger partial charge on any atom is -0.312 e. The standard InChI is InChI=1S/C30H30N4O2S2/c1-20-14-15-24(17-21(20)2)34-19-23(18-27(34)35)29-32-33-30(38-29)31-28(36)25-12-6-7-13-26(25)37-16-8-11-22-9-4-3-5-10-22/h3-7,9-10,12-15,17,23H,8,11,16,18-19H2,1-2H3,(H,31,33,36). The van der Waals surface area contributed by atoms with E-state index in [2.05, 4.69) is 59.7 Å². The zero-order chi connectivity index (χ0) is 26.5. The highest BCUT2D eigenvalue weighted by Crippen LogP contribution is 2.35. The van der Waals surface area contributed by atoms with Crippen LogP contribution in [0.5, 0.6) is 0 Å². The van der Waals surface area contributed by atoms with Gasteiger partial charge in [0, 0.05) is 29.5 Å². The normalized spacial score (nSPS) is 15.2. The monoisotopic (exact) mass is 542 g/mol. The zero-order valence-electron chi connectivity index (χ0n) is 21.5. The van der Waals surface area contributed by atoms with Gasteiger partial charge < -0.3 is 4.90 Å². The maximum atomic E-state index is 13.1. The third-order valence-corrected chi connectivity index (χ3v) is 8.94. The minimum absolute atomic E-state index is 0.0419. The van der Waals surface area contributed by atoms with Gasteiger partial charge in [0.05, 0.1) is 5.56 Å². The molecule has 2 heterocycles. The molecule has 1 fully saturated rings. The third-order valence-electron chi connectivity index (χ3n) is 6.78. The summed E-state index contributed by atoms with van der Waals surface area (Å²) in [4.78, 5) is 28.7. The number of hydrogen-bond acceptors (Lipinski definition) is 6. The molecule has 0 bridgehead atoms. The van der Waals surface area contributed by atoms with Gasteiger partial charge in [-0.25, -0.2) is 0 Å². The first-order valence-corrected chi connectivity index (χ1v) is 14.6. The largest absolute Gasteiger partial charge is 0.312 e. The van der Waals surface area contributed by atoms with Crippen molar-refractivity contribution >= 4 is 45.7 Å². The molecule has 194 valence electrons. The second-order valence-corrected chi connectivity index (χ2v) is 11.7. The first-order chi connectivity index (χ1) is 18.5. The number of aryl methyl sites for hydroxylation is 3. The van der Waals surface area contributed by atoms with Crippen molar-refractivity contribution < 1.29 is 9.59 Å². The summed E-state index contributed by atoms with van der Waals surface area (Å²) >= 11 is 3.04. The van der Waals surface area contributed by atoms with Crippen molar-refractivity contribution in [1.82, 2.24) is 10.2 Å². The molecule has 2 amide bonds. The highest BCUT2D eigenvalue weighted by atomic mass is 32.2. The van der Waals surface area contributed by atoms with Crippen molar-refractivity contribution in [1.29, 1.82) is 0 Å². The Balaban J connectivity index is 1.19. The van der Waals surface area contributed by atoms with Crippen LogP contribution in [0.3, 0.4) is 0 Å². The number of amides is 2. The number of thioether (sulfide) groups is 1. The average molecular weight is 543 g/mol. The fraction of sp³-hybridized carbons (Fsp3) is 0.267. The molecule has 1 N–H and O–H groups in total. The molecule has 1 aromatic heterocycles. The lowest BCUT2D eigenvalue weighted by molar-refractivity contribution is -0.117. The molecule has 1 atom stereocenters. The molecule has 1 aliphatic heterocycles. The molecule has 0 radical (unpaired) electrons.